The van der Waals surface area contributed by atoms with E-state index >= 15 is 0 Å². The molecule has 1 saturated heterocycles. The Morgan fingerprint density at radius 2 is 1.65 bits per heavy atom. The van der Waals surface area contributed by atoms with Crippen molar-refractivity contribution in [2.24, 2.45) is 0 Å². The normalized spacial score (nSPS) is 15.4. The number of imidazole rings is 1. The molecule has 1 aromatic heterocycles. The molecular weight excluding hydrogens is 214 g/mol. The number of rotatable bonds is 2. The summed E-state index contributed by atoms with van der Waals surface area (Å²) >= 11 is 0. The van der Waals surface area contributed by atoms with E-state index in [9.17, 15) is 4.79 Å². The van der Waals surface area contributed by atoms with Gasteiger partial charge in [-0.2, -0.15) is 0 Å². The predicted octanol–water partition coefficient (Wildman–Crippen LogP) is 1.77. The molecule has 0 spiro atoms. The maximum atomic E-state index is 11.5. The van der Waals surface area contributed by atoms with Gasteiger partial charge < -0.3 is 9.88 Å². The van der Waals surface area contributed by atoms with E-state index in [1.165, 1.54) is 18.5 Å². The molecule has 1 N–H and O–H groups in total. The number of H-pyrrole nitrogens is 1. The molecule has 17 heavy (non-hydrogen) atoms. The van der Waals surface area contributed by atoms with Crippen LogP contribution in [0.15, 0.2) is 41.5 Å². The van der Waals surface area contributed by atoms with E-state index in [-0.39, 0.29) is 5.69 Å². The van der Waals surface area contributed by atoms with E-state index in [4.69, 9.17) is 0 Å². The van der Waals surface area contributed by atoms with Crippen LogP contribution in [0.25, 0.3) is 5.69 Å². The second-order valence-corrected chi connectivity index (χ2v) is 4.35. The van der Waals surface area contributed by atoms with Crippen molar-refractivity contribution in [1.29, 1.82) is 0 Å². The molecule has 0 unspecified atom stereocenters. The van der Waals surface area contributed by atoms with Crippen LogP contribution in [0.2, 0.25) is 0 Å². The van der Waals surface area contributed by atoms with Crippen LogP contribution in [0, 0.1) is 0 Å². The molecule has 4 nitrogen and oxygen atoms in total. The topological polar surface area (TPSA) is 41.0 Å². The number of aromatic nitrogens is 2. The first-order valence-electron chi connectivity index (χ1n) is 5.96. The van der Waals surface area contributed by atoms with Crippen LogP contribution in [0.5, 0.6) is 0 Å². The molecule has 1 aliphatic rings. The van der Waals surface area contributed by atoms with E-state index in [0.29, 0.717) is 0 Å². The van der Waals surface area contributed by atoms with Crippen molar-refractivity contribution in [3.8, 4) is 5.69 Å². The van der Waals surface area contributed by atoms with Gasteiger partial charge in [-0.1, -0.05) is 0 Å². The van der Waals surface area contributed by atoms with Crippen molar-refractivity contribution in [2.75, 3.05) is 18.0 Å². The van der Waals surface area contributed by atoms with Crippen molar-refractivity contribution in [3.05, 3.63) is 47.1 Å². The molecule has 3 rings (SSSR count). The average molecular weight is 229 g/mol. The molecule has 4 heteroatoms. The summed E-state index contributed by atoms with van der Waals surface area (Å²) in [6.45, 7) is 2.28. The number of nitrogens with one attached hydrogen (secondary N) is 1. The van der Waals surface area contributed by atoms with Crippen molar-refractivity contribution in [3.63, 3.8) is 0 Å². The zero-order chi connectivity index (χ0) is 11.7. The van der Waals surface area contributed by atoms with Gasteiger partial charge in [0, 0.05) is 31.2 Å². The molecule has 1 aliphatic heterocycles. The van der Waals surface area contributed by atoms with Crippen LogP contribution in [0.1, 0.15) is 12.8 Å². The lowest BCUT2D eigenvalue weighted by atomic mass is 10.2. The third kappa shape index (κ3) is 1.86. The first-order chi connectivity index (χ1) is 8.34. The molecule has 0 aliphatic carbocycles. The Balaban J connectivity index is 1.90. The summed E-state index contributed by atoms with van der Waals surface area (Å²) in [6, 6.07) is 8.14. The smallest absolute Gasteiger partial charge is 0.330 e. The highest BCUT2D eigenvalue weighted by Gasteiger charge is 2.11. The van der Waals surface area contributed by atoms with Crippen molar-refractivity contribution in [2.45, 2.75) is 12.8 Å². The minimum absolute atomic E-state index is 0.0982. The molecule has 0 radical (unpaired) electrons. The molecule has 0 bridgehead atoms. The van der Waals surface area contributed by atoms with E-state index < -0.39 is 0 Å². The van der Waals surface area contributed by atoms with Crippen molar-refractivity contribution < 1.29 is 0 Å². The van der Waals surface area contributed by atoms with E-state index in [2.05, 4.69) is 22.0 Å². The lowest BCUT2D eigenvalue weighted by molar-refractivity contribution is 0.949. The number of hydrogen-bond acceptors (Lipinski definition) is 2. The first kappa shape index (κ1) is 10.2. The fourth-order valence-corrected chi connectivity index (χ4v) is 2.32. The quantitative estimate of drug-likeness (QED) is 0.852. The van der Waals surface area contributed by atoms with E-state index in [1.54, 1.807) is 17.0 Å². The summed E-state index contributed by atoms with van der Waals surface area (Å²) < 4.78 is 1.60. The second kappa shape index (κ2) is 4.13. The molecule has 1 aromatic carbocycles. The SMILES string of the molecule is O=c1[nH]ccn1-c1ccc(N2CCCC2)cc1. The Bertz CT molecular complexity index is 547. The summed E-state index contributed by atoms with van der Waals surface area (Å²) in [5.41, 5.74) is 2.05. The number of nitrogens with zero attached hydrogens (tertiary/aromatic N) is 2. The van der Waals surface area contributed by atoms with Crippen LogP contribution in [-0.4, -0.2) is 22.6 Å². The standard InChI is InChI=1S/C13H15N3O/c17-13-14-7-10-16(13)12-5-3-11(4-6-12)15-8-1-2-9-15/h3-7,10H,1-2,8-9H2,(H,14,17). The van der Waals surface area contributed by atoms with Gasteiger partial charge in [0.2, 0.25) is 0 Å². The van der Waals surface area contributed by atoms with Crippen LogP contribution < -0.4 is 10.6 Å². The lowest BCUT2D eigenvalue weighted by Gasteiger charge is -2.17. The maximum Gasteiger partial charge on any atom is 0.330 e. The van der Waals surface area contributed by atoms with Crippen molar-refractivity contribution >= 4 is 5.69 Å². The minimum Gasteiger partial charge on any atom is -0.372 e. The van der Waals surface area contributed by atoms with Gasteiger partial charge in [-0.25, -0.2) is 4.79 Å². The van der Waals surface area contributed by atoms with Gasteiger partial charge in [-0.05, 0) is 37.1 Å². The van der Waals surface area contributed by atoms with E-state index in [0.717, 1.165) is 18.8 Å². The molecular formula is C13H15N3O. The minimum atomic E-state index is -0.0982. The second-order valence-electron chi connectivity index (χ2n) is 4.35. The Morgan fingerprint density at radius 1 is 1.00 bits per heavy atom. The Kier molecular flexibility index (Phi) is 2.48. The summed E-state index contributed by atoms with van der Waals surface area (Å²) in [6.07, 6.45) is 5.95. The van der Waals surface area contributed by atoms with Gasteiger partial charge in [0.05, 0.1) is 5.69 Å². The van der Waals surface area contributed by atoms with Gasteiger partial charge in [-0.3, -0.25) is 4.57 Å². The average Bonchev–Trinajstić information content (AvgIpc) is 3.00. The Labute approximate surface area is 99.5 Å². The maximum absolute atomic E-state index is 11.5. The molecule has 2 heterocycles. The largest absolute Gasteiger partial charge is 0.372 e. The van der Waals surface area contributed by atoms with Gasteiger partial charge in [0.25, 0.3) is 0 Å². The summed E-state index contributed by atoms with van der Waals surface area (Å²) in [7, 11) is 0. The summed E-state index contributed by atoms with van der Waals surface area (Å²) in [5.74, 6) is 0. The fourth-order valence-electron chi connectivity index (χ4n) is 2.32. The molecule has 0 amide bonds. The molecule has 2 aromatic rings. The Morgan fingerprint density at radius 3 is 2.24 bits per heavy atom. The fraction of sp³-hybridized carbons (Fsp3) is 0.308. The molecule has 1 fully saturated rings. The van der Waals surface area contributed by atoms with Crippen LogP contribution in [0.4, 0.5) is 5.69 Å². The zero-order valence-electron chi connectivity index (χ0n) is 9.60. The lowest BCUT2D eigenvalue weighted by Crippen LogP contribution is -2.18. The molecule has 0 saturated carbocycles. The van der Waals surface area contributed by atoms with Crippen molar-refractivity contribution in [1.82, 2.24) is 9.55 Å². The first-order valence-corrected chi connectivity index (χ1v) is 5.96. The van der Waals surface area contributed by atoms with Crippen LogP contribution in [0.3, 0.4) is 0 Å². The number of anilines is 1. The monoisotopic (exact) mass is 229 g/mol. The highest BCUT2D eigenvalue weighted by atomic mass is 16.1. The third-order valence-electron chi connectivity index (χ3n) is 3.25. The third-order valence-corrected chi connectivity index (χ3v) is 3.25. The number of aromatic amines is 1. The number of hydrogen-bond donors (Lipinski definition) is 1. The zero-order valence-corrected chi connectivity index (χ0v) is 9.60. The summed E-state index contributed by atoms with van der Waals surface area (Å²) in [5, 5.41) is 0. The van der Waals surface area contributed by atoms with Crippen LogP contribution >= 0.6 is 0 Å². The predicted molar refractivity (Wildman–Crippen MR) is 67.8 cm³/mol. The van der Waals surface area contributed by atoms with Gasteiger partial charge in [0.1, 0.15) is 0 Å². The van der Waals surface area contributed by atoms with Gasteiger partial charge >= 0.3 is 5.69 Å². The van der Waals surface area contributed by atoms with Gasteiger partial charge in [-0.15, -0.1) is 0 Å². The van der Waals surface area contributed by atoms with E-state index in [1.807, 2.05) is 12.1 Å². The van der Waals surface area contributed by atoms with Gasteiger partial charge in [0.15, 0.2) is 0 Å². The summed E-state index contributed by atoms with van der Waals surface area (Å²) in [4.78, 5) is 16.5. The Hall–Kier alpha value is -1.97. The molecule has 0 atom stereocenters. The highest BCUT2D eigenvalue weighted by molar-refractivity contribution is 5.51. The van der Waals surface area contributed by atoms with Crippen LogP contribution in [-0.2, 0) is 0 Å². The highest BCUT2D eigenvalue weighted by Crippen LogP contribution is 2.21. The molecule has 88 valence electrons. The number of benzene rings is 1.